The summed E-state index contributed by atoms with van der Waals surface area (Å²) in [5, 5.41) is 21.4. The zero-order valence-corrected chi connectivity index (χ0v) is 24.3. The van der Waals surface area contributed by atoms with Crippen molar-refractivity contribution in [1.29, 1.82) is 0 Å². The Morgan fingerprint density at radius 1 is 0.581 bits per heavy atom. The largest absolute Gasteiger partial charge is 0.481 e. The van der Waals surface area contributed by atoms with Crippen molar-refractivity contribution in [1.82, 2.24) is 0 Å². The number of hydrogen-bond acceptors (Lipinski definition) is 3. The molecule has 2 N–H and O–H groups in total. The quantitative estimate of drug-likeness (QED) is 0.136. The average Bonchev–Trinajstić information content (AvgIpc) is 3.06. The molecule has 0 fully saturated rings. The first kappa shape index (κ1) is 30.0. The van der Waals surface area contributed by atoms with Gasteiger partial charge in [-0.1, -0.05) is 146 Å². The van der Waals surface area contributed by atoms with Crippen LogP contribution in [0.25, 0.3) is 0 Å². The van der Waals surface area contributed by atoms with Gasteiger partial charge in [-0.05, 0) is 59.1 Å². The van der Waals surface area contributed by atoms with E-state index in [-0.39, 0.29) is 6.61 Å². The number of carbonyl (C=O) groups is 1. The van der Waals surface area contributed by atoms with Crippen LogP contribution in [0.2, 0.25) is 0 Å². The van der Waals surface area contributed by atoms with E-state index in [1.54, 1.807) is 0 Å². The van der Waals surface area contributed by atoms with Crippen LogP contribution in [0.3, 0.4) is 0 Å². The van der Waals surface area contributed by atoms with Gasteiger partial charge in [-0.25, -0.2) is 0 Å². The van der Waals surface area contributed by atoms with Crippen LogP contribution < -0.4 is 0 Å². The van der Waals surface area contributed by atoms with Crippen LogP contribution in [0, 0.1) is 5.92 Å². The number of aryl methyl sites for hydroxylation is 3. The summed E-state index contributed by atoms with van der Waals surface area (Å²) in [4.78, 5) is 12.5. The van der Waals surface area contributed by atoms with Gasteiger partial charge >= 0.3 is 5.97 Å². The second kappa shape index (κ2) is 14.6. The van der Waals surface area contributed by atoms with Gasteiger partial charge in [-0.3, -0.25) is 4.79 Å². The zero-order chi connectivity index (χ0) is 29.9. The smallest absolute Gasteiger partial charge is 0.311 e. The summed E-state index contributed by atoms with van der Waals surface area (Å²) >= 11 is 0. The topological polar surface area (TPSA) is 66.8 Å². The lowest BCUT2D eigenvalue weighted by atomic mass is 9.80. The van der Waals surface area contributed by atoms with E-state index >= 15 is 0 Å². The van der Waals surface area contributed by atoms with Gasteiger partial charge in [0.05, 0.1) is 12.7 Å². The van der Waals surface area contributed by atoms with Crippen LogP contribution in [0.5, 0.6) is 0 Å². The van der Waals surface area contributed by atoms with Crippen LogP contribution >= 0.6 is 0 Å². The van der Waals surface area contributed by atoms with Gasteiger partial charge in [0.2, 0.25) is 0 Å². The van der Waals surface area contributed by atoms with Crippen molar-refractivity contribution in [2.24, 2.45) is 5.92 Å². The normalized spacial score (nSPS) is 12.9. The predicted octanol–water partition coefficient (Wildman–Crippen LogP) is 7.47. The van der Waals surface area contributed by atoms with Crippen molar-refractivity contribution in [2.45, 2.75) is 37.4 Å². The molecule has 4 heteroatoms. The number of rotatable bonds is 14. The summed E-state index contributed by atoms with van der Waals surface area (Å²) in [7, 11) is 0. The number of aliphatic hydroxyl groups is 1. The Kier molecular flexibility index (Phi) is 10.2. The molecule has 0 aliphatic rings. The molecule has 0 heterocycles. The van der Waals surface area contributed by atoms with E-state index in [1.165, 1.54) is 11.1 Å². The van der Waals surface area contributed by atoms with Gasteiger partial charge in [-0.15, -0.1) is 0 Å². The van der Waals surface area contributed by atoms with Gasteiger partial charge in [0.25, 0.3) is 0 Å². The molecule has 0 saturated carbocycles. The first-order valence-corrected chi connectivity index (χ1v) is 14.9. The molecule has 0 aromatic heterocycles. The second-order valence-corrected chi connectivity index (χ2v) is 10.9. The Morgan fingerprint density at radius 2 is 1.00 bits per heavy atom. The molecular formula is C39H38O4. The van der Waals surface area contributed by atoms with Crippen LogP contribution in [0.1, 0.15) is 39.8 Å². The fraction of sp³-hybridized carbons (Fsp3) is 0.205. The molecule has 5 rings (SSSR count). The minimum absolute atomic E-state index is 0.160. The Bertz CT molecular complexity index is 1460. The minimum Gasteiger partial charge on any atom is -0.481 e. The van der Waals surface area contributed by atoms with Crippen molar-refractivity contribution < 1.29 is 19.7 Å². The van der Waals surface area contributed by atoms with Gasteiger partial charge in [0, 0.05) is 0 Å². The lowest BCUT2D eigenvalue weighted by Gasteiger charge is -2.37. The lowest BCUT2D eigenvalue weighted by molar-refractivity contribution is -0.151. The fourth-order valence-electron chi connectivity index (χ4n) is 5.72. The standard InChI is InChI=1S/C39H38O4/c40-37(27-26-32-17-13-16-31(28-32)25-24-30-14-5-1-6-15-30)36(38(41)42)29-43-39(33-18-7-2-8-19-33,34-20-9-3-10-21-34)35-22-11-4-12-23-35/h1-23,28,36-37,40H,24-27,29H2,(H,41,42)/t36-,37-/m1/s1. The highest BCUT2D eigenvalue weighted by atomic mass is 16.5. The van der Waals surface area contributed by atoms with Crippen LogP contribution in [0.15, 0.2) is 146 Å². The molecule has 0 spiro atoms. The lowest BCUT2D eigenvalue weighted by Crippen LogP contribution is -2.39. The number of carboxylic acids is 1. The molecule has 0 amide bonds. The van der Waals surface area contributed by atoms with E-state index in [4.69, 9.17) is 4.74 Å². The van der Waals surface area contributed by atoms with Gasteiger partial charge in [0.1, 0.15) is 11.5 Å². The molecule has 4 nitrogen and oxygen atoms in total. The Morgan fingerprint density at radius 3 is 1.49 bits per heavy atom. The molecule has 218 valence electrons. The summed E-state index contributed by atoms with van der Waals surface area (Å²) in [6.45, 7) is -0.160. The monoisotopic (exact) mass is 570 g/mol. The van der Waals surface area contributed by atoms with Crippen molar-refractivity contribution in [3.63, 3.8) is 0 Å². The Labute approximate surface area is 254 Å². The Hall–Kier alpha value is -4.51. The van der Waals surface area contributed by atoms with Gasteiger partial charge in [-0.2, -0.15) is 0 Å². The highest BCUT2D eigenvalue weighted by Crippen LogP contribution is 2.41. The van der Waals surface area contributed by atoms with Crippen molar-refractivity contribution in [2.75, 3.05) is 6.61 Å². The number of aliphatic carboxylic acids is 1. The van der Waals surface area contributed by atoms with E-state index in [1.807, 2.05) is 109 Å². The third-order valence-electron chi connectivity index (χ3n) is 8.07. The summed E-state index contributed by atoms with van der Waals surface area (Å²) in [6, 6.07) is 48.3. The molecule has 0 aliphatic heterocycles. The second-order valence-electron chi connectivity index (χ2n) is 10.9. The molecule has 0 radical (unpaired) electrons. The first-order chi connectivity index (χ1) is 21.1. The van der Waals surface area contributed by atoms with E-state index < -0.39 is 23.6 Å². The SMILES string of the molecule is O=C(O)[C@H](COC(c1ccccc1)(c1ccccc1)c1ccccc1)[C@H](O)CCc1cccc(CCc2ccccc2)c1. The van der Waals surface area contributed by atoms with E-state index in [0.717, 1.165) is 35.1 Å². The molecule has 0 saturated heterocycles. The first-order valence-electron chi connectivity index (χ1n) is 14.9. The molecule has 0 bridgehead atoms. The maximum absolute atomic E-state index is 12.5. The third-order valence-corrected chi connectivity index (χ3v) is 8.07. The summed E-state index contributed by atoms with van der Waals surface area (Å²) < 4.78 is 6.74. The molecule has 2 atom stereocenters. The third kappa shape index (κ3) is 7.47. The van der Waals surface area contributed by atoms with Crippen molar-refractivity contribution >= 4 is 5.97 Å². The zero-order valence-electron chi connectivity index (χ0n) is 24.3. The predicted molar refractivity (Wildman–Crippen MR) is 171 cm³/mol. The van der Waals surface area contributed by atoms with Crippen LogP contribution in [-0.2, 0) is 34.4 Å². The average molecular weight is 571 g/mol. The molecular weight excluding hydrogens is 532 g/mol. The summed E-state index contributed by atoms with van der Waals surface area (Å²) in [5.41, 5.74) is 5.22. The van der Waals surface area contributed by atoms with Crippen LogP contribution in [-0.4, -0.2) is 28.9 Å². The number of hydrogen-bond donors (Lipinski definition) is 2. The van der Waals surface area contributed by atoms with E-state index in [2.05, 4.69) is 36.4 Å². The molecule has 5 aromatic carbocycles. The van der Waals surface area contributed by atoms with Gasteiger partial charge in [0.15, 0.2) is 0 Å². The summed E-state index contributed by atoms with van der Waals surface area (Å²) in [6.07, 6.45) is 1.69. The Balaban J connectivity index is 1.33. The molecule has 5 aromatic rings. The summed E-state index contributed by atoms with van der Waals surface area (Å²) in [5.74, 6) is -2.18. The van der Waals surface area contributed by atoms with Crippen LogP contribution in [0.4, 0.5) is 0 Å². The minimum atomic E-state index is -1.10. The maximum Gasteiger partial charge on any atom is 0.311 e. The van der Waals surface area contributed by atoms with Crippen molar-refractivity contribution in [3.05, 3.63) is 179 Å². The highest BCUT2D eigenvalue weighted by molar-refractivity contribution is 5.71. The number of carboxylic acid groups (broad SMARTS) is 1. The van der Waals surface area contributed by atoms with E-state index in [0.29, 0.717) is 12.8 Å². The van der Waals surface area contributed by atoms with Gasteiger partial charge < -0.3 is 14.9 Å². The number of aliphatic hydroxyl groups excluding tert-OH is 1. The molecule has 43 heavy (non-hydrogen) atoms. The van der Waals surface area contributed by atoms with Crippen molar-refractivity contribution in [3.8, 4) is 0 Å². The van der Waals surface area contributed by atoms with E-state index in [9.17, 15) is 15.0 Å². The molecule has 0 unspecified atom stereocenters. The number of benzene rings is 5. The number of ether oxygens (including phenoxy) is 1. The fourth-order valence-corrected chi connectivity index (χ4v) is 5.72. The molecule has 0 aliphatic carbocycles. The maximum atomic E-state index is 12.5. The highest BCUT2D eigenvalue weighted by Gasteiger charge is 2.40.